The molecule has 5 rings (SSSR count). The Hall–Kier alpha value is -3.16. The van der Waals surface area contributed by atoms with E-state index in [9.17, 15) is 4.79 Å². The molecule has 2 heterocycles. The molecule has 0 radical (unpaired) electrons. The summed E-state index contributed by atoms with van der Waals surface area (Å²) in [5.41, 5.74) is 10.3. The van der Waals surface area contributed by atoms with Gasteiger partial charge >= 0.3 is 6.03 Å². The Balaban J connectivity index is 1.37. The summed E-state index contributed by atoms with van der Waals surface area (Å²) in [5, 5.41) is 11.1. The van der Waals surface area contributed by atoms with Crippen LogP contribution in [0.4, 0.5) is 10.6 Å². The number of hydrogen-bond acceptors (Lipinski definition) is 4. The van der Waals surface area contributed by atoms with Crippen LogP contribution in [0.2, 0.25) is 0 Å². The maximum absolute atomic E-state index is 13.1. The first kappa shape index (κ1) is 19.8. The minimum absolute atomic E-state index is 0.00732. The van der Waals surface area contributed by atoms with Crippen LogP contribution in [0.3, 0.4) is 0 Å². The molecule has 2 aromatic carbocycles. The first-order valence-electron chi connectivity index (χ1n) is 10.9. The van der Waals surface area contributed by atoms with Gasteiger partial charge in [0.15, 0.2) is 0 Å². The van der Waals surface area contributed by atoms with Crippen molar-refractivity contribution in [1.29, 1.82) is 0 Å². The van der Waals surface area contributed by atoms with Crippen LogP contribution in [0.5, 0.6) is 0 Å². The molecule has 0 saturated carbocycles. The second-order valence-corrected chi connectivity index (χ2v) is 8.32. The first-order chi connectivity index (χ1) is 15.2. The number of carbonyl (C=O) groups is 1. The predicted molar refractivity (Wildman–Crippen MR) is 121 cm³/mol. The minimum atomic E-state index is -0.198. The molecule has 0 unspecified atom stereocenters. The third-order valence-electron chi connectivity index (χ3n) is 6.34. The van der Waals surface area contributed by atoms with Gasteiger partial charge in [-0.15, -0.1) is 0 Å². The number of aromatic nitrogens is 2. The molecule has 0 bridgehead atoms. The molecule has 7 heteroatoms. The summed E-state index contributed by atoms with van der Waals surface area (Å²) in [4.78, 5) is 15.3. The lowest BCUT2D eigenvalue weighted by Crippen LogP contribution is -2.42. The molecular weight excluding hydrogens is 388 g/mol. The van der Waals surface area contributed by atoms with E-state index in [1.165, 1.54) is 5.56 Å². The lowest BCUT2D eigenvalue weighted by molar-refractivity contribution is 0.247. The molecule has 2 amide bonds. The summed E-state index contributed by atoms with van der Waals surface area (Å²) in [7, 11) is 0. The van der Waals surface area contributed by atoms with Gasteiger partial charge < -0.3 is 11.1 Å². The van der Waals surface area contributed by atoms with Gasteiger partial charge in [-0.3, -0.25) is 10.2 Å². The fourth-order valence-corrected chi connectivity index (χ4v) is 4.81. The minimum Gasteiger partial charge on any atom is -0.333 e. The number of nitrogens with zero attached hydrogens (tertiary/aromatic N) is 3. The number of fused-ring (bicyclic) bond motifs is 1. The molecule has 4 N–H and O–H groups in total. The van der Waals surface area contributed by atoms with Crippen molar-refractivity contribution in [3.05, 3.63) is 77.5 Å². The van der Waals surface area contributed by atoms with E-state index in [-0.39, 0.29) is 18.0 Å². The average Bonchev–Trinajstić information content (AvgIpc) is 3.51. The summed E-state index contributed by atoms with van der Waals surface area (Å²) >= 11 is 0. The average molecular weight is 417 g/mol. The van der Waals surface area contributed by atoms with Gasteiger partial charge in [0.2, 0.25) is 0 Å². The lowest BCUT2D eigenvalue weighted by atomic mass is 9.94. The van der Waals surface area contributed by atoms with E-state index in [1.54, 1.807) is 0 Å². The van der Waals surface area contributed by atoms with E-state index in [4.69, 9.17) is 10.8 Å². The van der Waals surface area contributed by atoms with Crippen LogP contribution in [0.1, 0.15) is 29.2 Å². The van der Waals surface area contributed by atoms with Gasteiger partial charge in [-0.2, -0.15) is 5.10 Å². The standard InChI is InChI=1S/C24H28N6O/c25-16-29-14-20(17-8-3-1-4-9-17)22(15-29)26-24(31)27-23-19-12-7-13-21(19)28-30(23)18-10-5-2-6-11-18/h1-6,8-11,20,22H,7,12-16,25H2,(H2,26,27,31)/t20-,22+/m0/s1. The Morgan fingerprint density at radius 3 is 2.52 bits per heavy atom. The Labute approximate surface area is 182 Å². The first-order valence-corrected chi connectivity index (χ1v) is 10.9. The molecule has 2 aliphatic rings. The van der Waals surface area contributed by atoms with Crippen LogP contribution in [-0.4, -0.2) is 46.5 Å². The normalized spacial score (nSPS) is 20.5. The third-order valence-corrected chi connectivity index (χ3v) is 6.34. The number of carbonyl (C=O) groups excluding carboxylic acids is 1. The largest absolute Gasteiger partial charge is 0.333 e. The number of likely N-dealkylation sites (tertiary alicyclic amines) is 1. The van der Waals surface area contributed by atoms with Crippen LogP contribution in [0.15, 0.2) is 60.7 Å². The van der Waals surface area contributed by atoms with E-state index in [0.29, 0.717) is 6.67 Å². The Kier molecular flexibility index (Phi) is 5.44. The topological polar surface area (TPSA) is 88.2 Å². The molecular formula is C24H28N6O. The summed E-state index contributed by atoms with van der Waals surface area (Å²) in [6.07, 6.45) is 2.97. The van der Waals surface area contributed by atoms with Crippen molar-refractivity contribution in [2.45, 2.75) is 31.2 Å². The lowest BCUT2D eigenvalue weighted by Gasteiger charge is -2.21. The number of hydrogen-bond donors (Lipinski definition) is 3. The van der Waals surface area contributed by atoms with E-state index in [0.717, 1.165) is 55.1 Å². The van der Waals surface area contributed by atoms with Gasteiger partial charge in [0.25, 0.3) is 0 Å². The summed E-state index contributed by atoms with van der Waals surface area (Å²) < 4.78 is 1.86. The van der Waals surface area contributed by atoms with Crippen molar-refractivity contribution < 1.29 is 4.79 Å². The van der Waals surface area contributed by atoms with Gasteiger partial charge in [-0.1, -0.05) is 48.5 Å². The predicted octanol–water partition coefficient (Wildman–Crippen LogP) is 2.87. The highest BCUT2D eigenvalue weighted by Crippen LogP contribution is 2.31. The molecule has 31 heavy (non-hydrogen) atoms. The Morgan fingerprint density at radius 1 is 1.03 bits per heavy atom. The maximum Gasteiger partial charge on any atom is 0.320 e. The molecule has 7 nitrogen and oxygen atoms in total. The quantitative estimate of drug-likeness (QED) is 0.597. The highest BCUT2D eigenvalue weighted by molar-refractivity contribution is 5.90. The molecule has 3 aromatic rings. The zero-order valence-electron chi connectivity index (χ0n) is 17.5. The highest BCUT2D eigenvalue weighted by atomic mass is 16.2. The zero-order chi connectivity index (χ0) is 21.2. The number of benzene rings is 2. The molecule has 1 saturated heterocycles. The van der Waals surface area contributed by atoms with Crippen LogP contribution in [0.25, 0.3) is 5.69 Å². The molecule has 1 aromatic heterocycles. The van der Waals surface area contributed by atoms with Gasteiger partial charge in [0, 0.05) is 31.2 Å². The van der Waals surface area contributed by atoms with Crippen LogP contribution in [0, 0.1) is 0 Å². The van der Waals surface area contributed by atoms with E-state index < -0.39 is 0 Å². The SMILES string of the molecule is NCN1C[C@@H](NC(=O)Nc2c3c(nn2-c2ccccc2)CCC3)[C@H](c2ccccc2)C1. The van der Waals surface area contributed by atoms with E-state index in [1.807, 2.05) is 53.2 Å². The molecule has 160 valence electrons. The number of para-hydroxylation sites is 1. The molecule has 2 atom stereocenters. The number of rotatable bonds is 5. The van der Waals surface area contributed by atoms with Crippen LogP contribution in [-0.2, 0) is 12.8 Å². The monoisotopic (exact) mass is 416 g/mol. The smallest absolute Gasteiger partial charge is 0.320 e. The third kappa shape index (κ3) is 3.94. The number of amides is 2. The Morgan fingerprint density at radius 2 is 1.77 bits per heavy atom. The molecule has 1 aliphatic heterocycles. The summed E-state index contributed by atoms with van der Waals surface area (Å²) in [6.45, 7) is 2.06. The van der Waals surface area contributed by atoms with Gasteiger partial charge in [-0.25, -0.2) is 9.48 Å². The van der Waals surface area contributed by atoms with Crippen molar-refractivity contribution in [3.8, 4) is 5.69 Å². The maximum atomic E-state index is 13.1. The molecule has 0 spiro atoms. The second kappa shape index (κ2) is 8.53. The second-order valence-electron chi connectivity index (χ2n) is 8.32. The fourth-order valence-electron chi connectivity index (χ4n) is 4.81. The van der Waals surface area contributed by atoms with Crippen molar-refractivity contribution in [2.24, 2.45) is 5.73 Å². The summed E-state index contributed by atoms with van der Waals surface area (Å²) in [5.74, 6) is 0.987. The van der Waals surface area contributed by atoms with Gasteiger partial charge in [0.05, 0.1) is 17.4 Å². The molecule has 1 aliphatic carbocycles. The van der Waals surface area contributed by atoms with Gasteiger partial charge in [-0.05, 0) is 37.0 Å². The highest BCUT2D eigenvalue weighted by Gasteiger charge is 2.34. The fraction of sp³-hybridized carbons (Fsp3) is 0.333. The van der Waals surface area contributed by atoms with Crippen molar-refractivity contribution in [3.63, 3.8) is 0 Å². The number of urea groups is 1. The number of aryl methyl sites for hydroxylation is 1. The van der Waals surface area contributed by atoms with Crippen molar-refractivity contribution in [2.75, 3.05) is 25.1 Å². The summed E-state index contributed by atoms with van der Waals surface area (Å²) in [6, 6.07) is 20.1. The Bertz CT molecular complexity index is 1050. The number of nitrogens with two attached hydrogens (primary N) is 1. The molecule has 1 fully saturated rings. The van der Waals surface area contributed by atoms with Crippen molar-refractivity contribution in [1.82, 2.24) is 20.0 Å². The van der Waals surface area contributed by atoms with Crippen molar-refractivity contribution >= 4 is 11.8 Å². The van der Waals surface area contributed by atoms with Gasteiger partial charge in [0.1, 0.15) is 5.82 Å². The van der Waals surface area contributed by atoms with Crippen LogP contribution >= 0.6 is 0 Å². The van der Waals surface area contributed by atoms with E-state index in [2.05, 4.69) is 27.7 Å². The number of nitrogens with one attached hydrogen (secondary N) is 2. The number of anilines is 1. The zero-order valence-corrected chi connectivity index (χ0v) is 17.5. The van der Waals surface area contributed by atoms with Crippen LogP contribution < -0.4 is 16.4 Å². The van der Waals surface area contributed by atoms with E-state index >= 15 is 0 Å².